The predicted molar refractivity (Wildman–Crippen MR) is 148 cm³/mol. The molecule has 0 aromatic rings. The average molecular weight is 506 g/mol. The van der Waals surface area contributed by atoms with Crippen LogP contribution in [0.5, 0.6) is 0 Å². The van der Waals surface area contributed by atoms with Crippen molar-refractivity contribution in [1.29, 1.82) is 0 Å². The van der Waals surface area contributed by atoms with Crippen LogP contribution in [0.1, 0.15) is 98.8 Å². The van der Waals surface area contributed by atoms with Gasteiger partial charge in [-0.1, -0.05) is 53.9 Å². The Balaban J connectivity index is 1.63. The van der Waals surface area contributed by atoms with Crippen LogP contribution >= 0.6 is 12.2 Å². The fraction of sp³-hybridized carbons (Fsp3) is 0.931. The zero-order valence-corrected chi connectivity index (χ0v) is 23.8. The molecule has 0 aromatic heterocycles. The number of rotatable bonds is 7. The lowest BCUT2D eigenvalue weighted by molar-refractivity contribution is -0.141. The van der Waals surface area contributed by atoms with Crippen LogP contribution in [0, 0.1) is 52.3 Å². The summed E-state index contributed by atoms with van der Waals surface area (Å²) in [6.07, 6.45) is 12.7. The molecular weight excluding hydrogens is 454 g/mol. The summed E-state index contributed by atoms with van der Waals surface area (Å²) < 4.78 is 0. The van der Waals surface area contributed by atoms with E-state index in [1.54, 1.807) is 7.05 Å². The third-order valence-electron chi connectivity index (χ3n) is 11.5. The molecule has 4 saturated carbocycles. The van der Waals surface area contributed by atoms with Crippen molar-refractivity contribution in [2.75, 3.05) is 7.05 Å². The zero-order chi connectivity index (χ0) is 25.6. The van der Waals surface area contributed by atoms with Crippen molar-refractivity contribution in [2.45, 2.75) is 111 Å². The molecule has 200 valence electrons. The van der Waals surface area contributed by atoms with Gasteiger partial charge in [-0.25, -0.2) is 0 Å². The highest BCUT2D eigenvalue weighted by Gasteiger charge is 2.71. The Bertz CT molecular complexity index is 805. The molecule has 0 aromatic carbocycles. The maximum absolute atomic E-state index is 12.4. The molecule has 4 N–H and O–H groups in total. The highest BCUT2D eigenvalue weighted by Crippen LogP contribution is 2.72. The number of aliphatic hydroxyl groups is 2. The molecule has 4 rings (SSSR count). The van der Waals surface area contributed by atoms with Crippen LogP contribution in [0.25, 0.3) is 0 Å². The lowest BCUT2D eigenvalue weighted by Crippen LogP contribution is -2.54. The topological polar surface area (TPSA) is 76.9 Å². The number of hydrogen-bond acceptors (Lipinski definition) is 4. The summed E-state index contributed by atoms with van der Waals surface area (Å²) in [5.41, 5.74) is 2.18. The summed E-state index contributed by atoms with van der Waals surface area (Å²) in [7, 11) is 1.78. The normalized spacial score (nSPS) is 45.7. The van der Waals surface area contributed by atoms with E-state index in [4.69, 9.17) is 12.2 Å². The third-order valence-corrected chi connectivity index (χ3v) is 11.8. The summed E-state index contributed by atoms with van der Waals surface area (Å²) in [6.45, 7) is 12.1. The highest BCUT2D eigenvalue weighted by atomic mass is 32.1. The molecule has 4 aliphatic carbocycles. The predicted octanol–water partition coefficient (Wildman–Crippen LogP) is 5.50. The first-order chi connectivity index (χ1) is 16.5. The van der Waals surface area contributed by atoms with Crippen molar-refractivity contribution >= 4 is 23.5 Å². The second-order valence-electron chi connectivity index (χ2n) is 13.6. The van der Waals surface area contributed by atoms with Gasteiger partial charge < -0.3 is 15.5 Å². The second kappa shape index (κ2) is 10.2. The average Bonchev–Trinajstić information content (AvgIpc) is 3.23. The number of nitrogens with zero attached hydrogens (tertiary/aromatic N) is 1. The van der Waals surface area contributed by atoms with Gasteiger partial charge in [0.05, 0.1) is 11.7 Å². The maximum atomic E-state index is 12.4. The van der Waals surface area contributed by atoms with Gasteiger partial charge >= 0.3 is 0 Å². The first kappa shape index (κ1) is 27.3. The van der Waals surface area contributed by atoms with E-state index < -0.39 is 11.7 Å². The third kappa shape index (κ3) is 4.58. The van der Waals surface area contributed by atoms with Crippen LogP contribution < -0.4 is 10.7 Å². The van der Waals surface area contributed by atoms with E-state index >= 15 is 0 Å². The van der Waals surface area contributed by atoms with Crippen LogP contribution in [0.15, 0.2) is 5.10 Å². The summed E-state index contributed by atoms with van der Waals surface area (Å²) in [5.74, 6) is 3.76. The Hall–Kier alpha value is -0.720. The van der Waals surface area contributed by atoms with Gasteiger partial charge in [-0.3, -0.25) is 5.43 Å². The van der Waals surface area contributed by atoms with Gasteiger partial charge in [-0.05, 0) is 91.7 Å². The molecule has 0 bridgehead atoms. The smallest absolute Gasteiger partial charge is 0.186 e. The molecule has 0 spiro atoms. The fourth-order valence-electron chi connectivity index (χ4n) is 9.64. The van der Waals surface area contributed by atoms with E-state index in [-0.39, 0.29) is 11.3 Å². The van der Waals surface area contributed by atoms with Crippen LogP contribution in [0.3, 0.4) is 0 Å². The Morgan fingerprint density at radius 2 is 1.83 bits per heavy atom. The molecule has 6 heteroatoms. The quantitative estimate of drug-likeness (QED) is 0.209. The number of thiocarbonyl (C=S) groups is 1. The van der Waals surface area contributed by atoms with E-state index in [9.17, 15) is 10.2 Å². The van der Waals surface area contributed by atoms with E-state index in [2.05, 4.69) is 50.5 Å². The molecule has 0 saturated heterocycles. The first-order valence-corrected chi connectivity index (χ1v) is 14.8. The summed E-state index contributed by atoms with van der Waals surface area (Å²) in [4.78, 5) is 0. The van der Waals surface area contributed by atoms with Crippen molar-refractivity contribution in [2.24, 2.45) is 57.4 Å². The minimum absolute atomic E-state index is 0.0563. The first-order valence-electron chi connectivity index (χ1n) is 14.4. The standard InChI is InChI=1S/C29H51N3O2S/c1-18(2)8-7-9-19(3)21-10-11-22-25-23(13-14-27(21,22)4)28(5)15-12-20(33)16-29(28,34)24(25)17-31-32-26(35)30-6/h17-25,33-34H,7-16H2,1-6H3,(H2,30,32,35)/b31-17+/t19-,20+,21-,22?,23?,24?,25?,27-,28-,29?/m1/s1. The monoisotopic (exact) mass is 505 g/mol. The molecule has 0 heterocycles. The molecule has 0 aliphatic heterocycles. The lowest BCUT2D eigenvalue weighted by atomic mass is 9.53. The van der Waals surface area contributed by atoms with E-state index in [1.165, 1.54) is 44.9 Å². The van der Waals surface area contributed by atoms with Crippen molar-refractivity contribution in [3.8, 4) is 0 Å². The minimum atomic E-state index is -0.918. The molecular formula is C29H51N3O2S. The van der Waals surface area contributed by atoms with Gasteiger partial charge in [0.1, 0.15) is 0 Å². The summed E-state index contributed by atoms with van der Waals surface area (Å²) in [5, 5.41) is 31.0. The Labute approximate surface area is 219 Å². The van der Waals surface area contributed by atoms with E-state index in [0.29, 0.717) is 34.7 Å². The van der Waals surface area contributed by atoms with Crippen LogP contribution in [0.2, 0.25) is 0 Å². The molecule has 5 nitrogen and oxygen atoms in total. The molecule has 0 amide bonds. The molecule has 0 radical (unpaired) electrons. The van der Waals surface area contributed by atoms with Crippen LogP contribution in [0.4, 0.5) is 0 Å². The number of hydrazone groups is 1. The van der Waals surface area contributed by atoms with Gasteiger partial charge in [0.2, 0.25) is 0 Å². The van der Waals surface area contributed by atoms with Gasteiger partial charge in [0, 0.05) is 31.0 Å². The molecule has 4 aliphatic rings. The van der Waals surface area contributed by atoms with Gasteiger partial charge in [-0.15, -0.1) is 0 Å². The number of aliphatic hydroxyl groups excluding tert-OH is 1. The summed E-state index contributed by atoms with van der Waals surface area (Å²) >= 11 is 5.24. The Morgan fingerprint density at radius 1 is 1.09 bits per heavy atom. The van der Waals surface area contributed by atoms with Crippen LogP contribution in [-0.2, 0) is 0 Å². The zero-order valence-electron chi connectivity index (χ0n) is 23.0. The van der Waals surface area contributed by atoms with Crippen LogP contribution in [-0.4, -0.2) is 40.3 Å². The van der Waals surface area contributed by atoms with Gasteiger partial charge in [-0.2, -0.15) is 5.10 Å². The molecule has 10 atom stereocenters. The maximum Gasteiger partial charge on any atom is 0.186 e. The van der Waals surface area contributed by atoms with Crippen molar-refractivity contribution in [1.82, 2.24) is 10.7 Å². The Kier molecular flexibility index (Phi) is 7.97. The van der Waals surface area contributed by atoms with Gasteiger partial charge in [0.15, 0.2) is 5.11 Å². The second-order valence-corrected chi connectivity index (χ2v) is 14.0. The van der Waals surface area contributed by atoms with E-state index in [0.717, 1.165) is 30.6 Å². The largest absolute Gasteiger partial charge is 0.393 e. The molecule has 5 unspecified atom stereocenters. The van der Waals surface area contributed by atoms with E-state index in [1.807, 2.05) is 6.21 Å². The van der Waals surface area contributed by atoms with Crippen molar-refractivity contribution in [3.05, 3.63) is 0 Å². The highest BCUT2D eigenvalue weighted by molar-refractivity contribution is 7.80. The van der Waals surface area contributed by atoms with Crippen molar-refractivity contribution in [3.63, 3.8) is 0 Å². The lowest BCUT2D eigenvalue weighted by Gasteiger charge is -2.52. The number of hydrogen-bond donors (Lipinski definition) is 4. The summed E-state index contributed by atoms with van der Waals surface area (Å²) in [6, 6.07) is 0. The van der Waals surface area contributed by atoms with Crippen molar-refractivity contribution < 1.29 is 10.2 Å². The fourth-order valence-corrected chi connectivity index (χ4v) is 9.69. The number of nitrogens with one attached hydrogen (secondary N) is 2. The molecule has 35 heavy (non-hydrogen) atoms. The Morgan fingerprint density at radius 3 is 2.51 bits per heavy atom. The van der Waals surface area contributed by atoms with Gasteiger partial charge in [0.25, 0.3) is 0 Å². The minimum Gasteiger partial charge on any atom is -0.393 e. The SMILES string of the molecule is CNC(=S)N/N=C/C1C2C3CC[C@H]([C@H](C)CCCC(C)C)[C@@]3(C)CCC2[C@@]2(C)CC[C@H](O)CC12O. The molecule has 4 fully saturated rings. The number of fused-ring (bicyclic) bond motifs is 5.